The lowest BCUT2D eigenvalue weighted by Gasteiger charge is -2.07. The fourth-order valence-corrected chi connectivity index (χ4v) is 2.16. The van der Waals surface area contributed by atoms with Crippen LogP contribution in [0.5, 0.6) is 5.88 Å². The van der Waals surface area contributed by atoms with Crippen molar-refractivity contribution in [2.24, 2.45) is 0 Å². The summed E-state index contributed by atoms with van der Waals surface area (Å²) in [6.45, 7) is -0.00397. The van der Waals surface area contributed by atoms with Crippen LogP contribution in [0, 0.1) is 0 Å². The lowest BCUT2D eigenvalue weighted by atomic mass is 10.2. The third-order valence-corrected chi connectivity index (χ3v) is 3.42. The highest BCUT2D eigenvalue weighted by Crippen LogP contribution is 2.29. The van der Waals surface area contributed by atoms with Crippen molar-refractivity contribution >= 4 is 11.6 Å². The highest BCUT2D eigenvalue weighted by Gasteiger charge is 2.31. The van der Waals surface area contributed by atoms with Crippen molar-refractivity contribution in [2.45, 2.75) is 12.7 Å². The third-order valence-electron chi connectivity index (χ3n) is 3.42. The summed E-state index contributed by atoms with van der Waals surface area (Å²) < 4.78 is 44.4. The quantitative estimate of drug-likeness (QED) is 0.778. The van der Waals surface area contributed by atoms with Crippen molar-refractivity contribution in [1.82, 2.24) is 24.9 Å². The van der Waals surface area contributed by atoms with E-state index < -0.39 is 17.6 Å². The normalized spacial score (nSPS) is 11.5. The molecule has 0 aliphatic carbocycles. The second-order valence-corrected chi connectivity index (χ2v) is 5.03. The molecule has 0 spiro atoms. The summed E-state index contributed by atoms with van der Waals surface area (Å²) in [5.41, 5.74) is -0.434. The molecular weight excluding hydrogens is 339 g/mol. The molecule has 1 N–H and O–H groups in total. The van der Waals surface area contributed by atoms with Crippen LogP contribution in [-0.4, -0.2) is 32.6 Å². The van der Waals surface area contributed by atoms with E-state index in [4.69, 9.17) is 4.74 Å². The molecule has 3 aromatic rings. The number of nitrogens with zero attached hydrogens (tertiary/aromatic N) is 4. The first kappa shape index (κ1) is 16.7. The van der Waals surface area contributed by atoms with E-state index in [1.165, 1.54) is 36.0 Å². The molecule has 0 saturated heterocycles. The Kier molecular flexibility index (Phi) is 4.26. The fraction of sp³-hybridized carbons (Fsp3) is 0.200. The molecule has 0 saturated carbocycles. The Balaban J connectivity index is 1.76. The van der Waals surface area contributed by atoms with Gasteiger partial charge in [0.05, 0.1) is 19.2 Å². The molecule has 0 aliphatic rings. The number of hydrogen-bond acceptors (Lipinski definition) is 5. The molecule has 7 nitrogen and oxygen atoms in total. The van der Waals surface area contributed by atoms with E-state index in [1.54, 1.807) is 0 Å². The number of carbonyl (C=O) groups excluding carboxylic acids is 1. The fourth-order valence-electron chi connectivity index (χ4n) is 2.16. The van der Waals surface area contributed by atoms with Crippen molar-refractivity contribution < 1.29 is 22.7 Å². The van der Waals surface area contributed by atoms with Gasteiger partial charge in [-0.3, -0.25) is 9.20 Å². The topological polar surface area (TPSA) is 81.4 Å². The average molecular weight is 351 g/mol. The van der Waals surface area contributed by atoms with Gasteiger partial charge in [0.1, 0.15) is 0 Å². The molecule has 0 bridgehead atoms. The smallest absolute Gasteiger partial charge is 0.416 e. The summed E-state index contributed by atoms with van der Waals surface area (Å²) in [5.74, 6) is 0.197. The highest BCUT2D eigenvalue weighted by molar-refractivity contribution is 5.94. The molecule has 0 aliphatic heterocycles. The number of hydrogen-bond donors (Lipinski definition) is 1. The minimum Gasteiger partial charge on any atom is -0.481 e. The van der Waals surface area contributed by atoms with E-state index in [1.807, 2.05) is 0 Å². The number of rotatable bonds is 4. The van der Waals surface area contributed by atoms with Crippen molar-refractivity contribution in [3.63, 3.8) is 0 Å². The lowest BCUT2D eigenvalue weighted by Crippen LogP contribution is -2.24. The van der Waals surface area contributed by atoms with Gasteiger partial charge in [-0.1, -0.05) is 0 Å². The van der Waals surface area contributed by atoms with Crippen molar-refractivity contribution in [3.8, 4) is 5.88 Å². The SMILES string of the molecule is COc1cc(C(=O)NCc2nnc3cc(C(F)(F)F)ccn23)ccn1. The van der Waals surface area contributed by atoms with E-state index in [-0.39, 0.29) is 12.2 Å². The maximum Gasteiger partial charge on any atom is 0.416 e. The second-order valence-electron chi connectivity index (χ2n) is 5.03. The third kappa shape index (κ3) is 3.52. The summed E-state index contributed by atoms with van der Waals surface area (Å²) in [6.07, 6.45) is -1.81. The zero-order valence-electron chi connectivity index (χ0n) is 12.9. The molecular formula is C15H12F3N5O2. The number of amides is 1. The average Bonchev–Trinajstić information content (AvgIpc) is 3.01. The number of nitrogens with one attached hydrogen (secondary N) is 1. The van der Waals surface area contributed by atoms with Gasteiger partial charge in [-0.15, -0.1) is 10.2 Å². The standard InChI is InChI=1S/C15H12F3N5O2/c1-25-13-6-9(2-4-19-13)14(24)20-8-12-22-21-11-7-10(15(16,17)18)3-5-23(11)12/h2-7H,8H2,1H3,(H,20,24). The molecule has 0 atom stereocenters. The van der Waals surface area contributed by atoms with Gasteiger partial charge in [-0.05, 0) is 18.2 Å². The molecule has 130 valence electrons. The van der Waals surface area contributed by atoms with Gasteiger partial charge in [0.15, 0.2) is 11.5 Å². The van der Waals surface area contributed by atoms with Crippen LogP contribution in [0.1, 0.15) is 21.7 Å². The molecule has 3 aromatic heterocycles. The summed E-state index contributed by atoms with van der Waals surface area (Å²) in [7, 11) is 1.43. The summed E-state index contributed by atoms with van der Waals surface area (Å²) >= 11 is 0. The van der Waals surface area contributed by atoms with Gasteiger partial charge >= 0.3 is 6.18 Å². The molecule has 0 unspecified atom stereocenters. The largest absolute Gasteiger partial charge is 0.481 e. The maximum atomic E-state index is 12.7. The Morgan fingerprint density at radius 3 is 2.80 bits per heavy atom. The first-order valence-electron chi connectivity index (χ1n) is 7.07. The molecule has 3 heterocycles. The number of carbonyl (C=O) groups is 1. The summed E-state index contributed by atoms with van der Waals surface area (Å²) in [5, 5.41) is 10.1. The van der Waals surface area contributed by atoms with Gasteiger partial charge in [0, 0.05) is 24.0 Å². The number of halogens is 3. The Morgan fingerprint density at radius 1 is 1.28 bits per heavy atom. The first-order chi connectivity index (χ1) is 11.9. The monoisotopic (exact) mass is 351 g/mol. The van der Waals surface area contributed by atoms with E-state index in [9.17, 15) is 18.0 Å². The van der Waals surface area contributed by atoms with Gasteiger partial charge < -0.3 is 10.1 Å². The minimum atomic E-state index is -4.46. The van der Waals surface area contributed by atoms with E-state index in [0.29, 0.717) is 17.3 Å². The van der Waals surface area contributed by atoms with Crippen LogP contribution in [0.15, 0.2) is 36.7 Å². The van der Waals surface area contributed by atoms with Crippen LogP contribution >= 0.6 is 0 Å². The first-order valence-corrected chi connectivity index (χ1v) is 7.07. The minimum absolute atomic E-state index is 0.00397. The molecule has 10 heteroatoms. The molecule has 0 fully saturated rings. The number of methoxy groups -OCH3 is 1. The predicted octanol–water partition coefficient (Wildman–Crippen LogP) is 2.08. The number of pyridine rings is 2. The van der Waals surface area contributed by atoms with E-state index in [2.05, 4.69) is 20.5 Å². The zero-order chi connectivity index (χ0) is 18.0. The zero-order valence-corrected chi connectivity index (χ0v) is 12.9. The van der Waals surface area contributed by atoms with E-state index in [0.717, 1.165) is 12.1 Å². The van der Waals surface area contributed by atoms with Gasteiger partial charge in [-0.25, -0.2) is 4.98 Å². The van der Waals surface area contributed by atoms with Crippen molar-refractivity contribution in [3.05, 3.63) is 53.6 Å². The van der Waals surface area contributed by atoms with Crippen LogP contribution in [0.4, 0.5) is 13.2 Å². The van der Waals surface area contributed by atoms with Crippen LogP contribution in [0.3, 0.4) is 0 Å². The molecule has 0 radical (unpaired) electrons. The van der Waals surface area contributed by atoms with Crippen LogP contribution in [-0.2, 0) is 12.7 Å². The Bertz CT molecular complexity index is 923. The van der Waals surface area contributed by atoms with Crippen molar-refractivity contribution in [2.75, 3.05) is 7.11 Å². The number of fused-ring (bicyclic) bond motifs is 1. The lowest BCUT2D eigenvalue weighted by molar-refractivity contribution is -0.137. The Morgan fingerprint density at radius 2 is 2.08 bits per heavy atom. The maximum absolute atomic E-state index is 12.7. The number of aromatic nitrogens is 4. The summed E-state index contributed by atoms with van der Waals surface area (Å²) in [6, 6.07) is 4.80. The molecule has 3 rings (SSSR count). The van der Waals surface area contributed by atoms with Crippen LogP contribution in [0.25, 0.3) is 5.65 Å². The molecule has 0 aromatic carbocycles. The number of alkyl halides is 3. The van der Waals surface area contributed by atoms with Gasteiger partial charge in [0.25, 0.3) is 5.91 Å². The summed E-state index contributed by atoms with van der Waals surface area (Å²) in [4.78, 5) is 16.0. The van der Waals surface area contributed by atoms with Crippen LogP contribution in [0.2, 0.25) is 0 Å². The van der Waals surface area contributed by atoms with Crippen molar-refractivity contribution in [1.29, 1.82) is 0 Å². The van der Waals surface area contributed by atoms with Gasteiger partial charge in [0.2, 0.25) is 5.88 Å². The Labute approximate surface area is 139 Å². The van der Waals surface area contributed by atoms with Gasteiger partial charge in [-0.2, -0.15) is 13.2 Å². The van der Waals surface area contributed by atoms with E-state index >= 15 is 0 Å². The number of ether oxygens (including phenoxy) is 1. The Hall–Kier alpha value is -3.17. The highest BCUT2D eigenvalue weighted by atomic mass is 19.4. The molecule has 1 amide bonds. The second kappa shape index (κ2) is 6.38. The molecule has 25 heavy (non-hydrogen) atoms. The predicted molar refractivity (Wildman–Crippen MR) is 79.9 cm³/mol. The van der Waals surface area contributed by atoms with Crippen LogP contribution < -0.4 is 10.1 Å².